The van der Waals surface area contributed by atoms with Crippen molar-refractivity contribution < 1.29 is 29.4 Å². The van der Waals surface area contributed by atoms with Gasteiger partial charge in [0, 0.05) is 25.1 Å². The average Bonchev–Trinajstić information content (AvgIpc) is 3.25. The number of fused-ring (bicyclic) bond motifs is 4. The Kier molecular flexibility index (Phi) is 6.09. The van der Waals surface area contributed by atoms with Crippen LogP contribution in [0.2, 0.25) is 0 Å². The molecule has 0 bridgehead atoms. The minimum absolute atomic E-state index is 0.0608. The zero-order valence-corrected chi connectivity index (χ0v) is 23.4. The van der Waals surface area contributed by atoms with Crippen molar-refractivity contribution in [2.45, 2.75) is 41.9 Å². The first-order chi connectivity index (χ1) is 18.9. The number of rotatable bonds is 4. The Labute approximate surface area is 241 Å². The van der Waals surface area contributed by atoms with Crippen LogP contribution in [0.1, 0.15) is 35.4 Å². The first-order valence-electron chi connectivity index (χ1n) is 13.2. The third kappa shape index (κ3) is 3.45. The van der Waals surface area contributed by atoms with E-state index in [1.165, 1.54) is 11.9 Å². The van der Waals surface area contributed by atoms with E-state index in [9.17, 15) is 29.4 Å². The molecule has 4 aliphatic rings. The molecule has 6 rings (SSSR count). The molecule has 2 aromatic carbocycles. The second-order valence-corrected chi connectivity index (χ2v) is 12.5. The van der Waals surface area contributed by atoms with Crippen LogP contribution in [0.25, 0.3) is 0 Å². The van der Waals surface area contributed by atoms with E-state index in [1.807, 2.05) is 6.08 Å². The normalized spacial score (nSPS) is 33.1. The van der Waals surface area contributed by atoms with Crippen LogP contribution in [0.15, 0.2) is 54.1 Å². The van der Waals surface area contributed by atoms with Gasteiger partial charge in [0.15, 0.2) is 9.75 Å². The molecule has 4 amide bonds. The second kappa shape index (κ2) is 9.08. The number of aromatic hydroxyl groups is 2. The third-order valence-electron chi connectivity index (χ3n) is 9.25. The highest BCUT2D eigenvalue weighted by Gasteiger charge is 2.76. The van der Waals surface area contributed by atoms with Crippen LogP contribution >= 0.6 is 23.2 Å². The van der Waals surface area contributed by atoms with Gasteiger partial charge in [0.2, 0.25) is 11.8 Å². The zero-order chi connectivity index (χ0) is 28.7. The van der Waals surface area contributed by atoms with Gasteiger partial charge in [-0.2, -0.15) is 0 Å². The number of likely N-dealkylation sites (tertiary alicyclic amines) is 2. The maximum atomic E-state index is 13.9. The van der Waals surface area contributed by atoms with Gasteiger partial charge < -0.3 is 10.2 Å². The molecule has 6 atom stereocenters. The van der Waals surface area contributed by atoms with Gasteiger partial charge in [0.1, 0.15) is 11.5 Å². The fourth-order valence-corrected chi connectivity index (χ4v) is 8.20. The van der Waals surface area contributed by atoms with E-state index in [1.54, 1.807) is 49.4 Å². The van der Waals surface area contributed by atoms with Gasteiger partial charge in [-0.15, -0.1) is 23.2 Å². The van der Waals surface area contributed by atoms with E-state index < -0.39 is 45.2 Å². The Morgan fingerprint density at radius 2 is 1.65 bits per heavy atom. The van der Waals surface area contributed by atoms with E-state index in [4.69, 9.17) is 23.2 Å². The standard InChI is InChI=1S/C30H28Cl2N2O6/c1-15-4-3-5-20(24(15)36)23-18-10-11-19-22(21(18)14-29(31)27(39)33(2)28(40)30(23,29)32)26(38)34(25(19)37)13-12-16-6-8-17(35)9-7-16/h3-10,19,21-23,35-36H,11-14H2,1-2H3. The molecule has 8 nitrogen and oxygen atoms in total. The average molecular weight is 583 g/mol. The van der Waals surface area contributed by atoms with E-state index >= 15 is 0 Å². The lowest BCUT2D eigenvalue weighted by atomic mass is 9.56. The van der Waals surface area contributed by atoms with Crippen LogP contribution in [0.5, 0.6) is 11.5 Å². The van der Waals surface area contributed by atoms with Crippen LogP contribution in [-0.2, 0) is 25.6 Å². The number of benzene rings is 2. The molecule has 10 heteroatoms. The smallest absolute Gasteiger partial charge is 0.253 e. The molecule has 2 heterocycles. The number of carbonyl (C=O) groups is 4. The topological polar surface area (TPSA) is 115 Å². The molecule has 3 fully saturated rings. The van der Waals surface area contributed by atoms with Crippen molar-refractivity contribution in [3.63, 3.8) is 0 Å². The van der Waals surface area contributed by atoms with E-state index in [0.29, 0.717) is 23.1 Å². The summed E-state index contributed by atoms with van der Waals surface area (Å²) in [5.74, 6) is -4.89. The summed E-state index contributed by atoms with van der Waals surface area (Å²) in [6, 6.07) is 11.7. The van der Waals surface area contributed by atoms with Gasteiger partial charge in [-0.05, 0) is 55.4 Å². The number of aryl methyl sites for hydroxylation is 1. The van der Waals surface area contributed by atoms with Crippen molar-refractivity contribution in [3.8, 4) is 11.5 Å². The van der Waals surface area contributed by atoms with Gasteiger partial charge in [-0.25, -0.2) is 0 Å². The number of phenols is 2. The highest BCUT2D eigenvalue weighted by Crippen LogP contribution is 2.66. The molecule has 40 heavy (non-hydrogen) atoms. The molecule has 0 spiro atoms. The molecule has 2 aliphatic carbocycles. The summed E-state index contributed by atoms with van der Waals surface area (Å²) in [7, 11) is 1.33. The molecule has 6 unspecified atom stereocenters. The fourth-order valence-electron chi connectivity index (χ4n) is 7.19. The lowest BCUT2D eigenvalue weighted by Gasteiger charge is -2.50. The maximum absolute atomic E-state index is 13.9. The van der Waals surface area contributed by atoms with Crippen LogP contribution < -0.4 is 0 Å². The zero-order valence-electron chi connectivity index (χ0n) is 21.9. The number of imide groups is 2. The number of allylic oxidation sites excluding steroid dienone is 2. The summed E-state index contributed by atoms with van der Waals surface area (Å²) in [4.78, 5) is 52.9. The van der Waals surface area contributed by atoms with Crippen molar-refractivity contribution >= 4 is 46.8 Å². The maximum Gasteiger partial charge on any atom is 0.253 e. The summed E-state index contributed by atoms with van der Waals surface area (Å²) in [6.07, 6.45) is 2.45. The number of hydrogen-bond donors (Lipinski definition) is 2. The Bertz CT molecular complexity index is 1510. The minimum atomic E-state index is -1.93. The summed E-state index contributed by atoms with van der Waals surface area (Å²) < 4.78 is 0. The Balaban J connectivity index is 1.42. The van der Waals surface area contributed by atoms with Gasteiger partial charge in [-0.3, -0.25) is 29.0 Å². The first kappa shape index (κ1) is 26.8. The summed E-state index contributed by atoms with van der Waals surface area (Å²) in [6.45, 7) is 1.89. The van der Waals surface area contributed by atoms with Gasteiger partial charge >= 0.3 is 0 Å². The minimum Gasteiger partial charge on any atom is -0.508 e. The molecule has 2 N–H and O–H groups in total. The molecular formula is C30H28Cl2N2O6. The number of alkyl halides is 2. The van der Waals surface area contributed by atoms with E-state index in [2.05, 4.69) is 0 Å². The largest absolute Gasteiger partial charge is 0.508 e. The van der Waals surface area contributed by atoms with E-state index in [-0.39, 0.29) is 42.7 Å². The van der Waals surface area contributed by atoms with Gasteiger partial charge in [0.25, 0.3) is 11.8 Å². The Morgan fingerprint density at radius 3 is 2.35 bits per heavy atom. The fraction of sp³-hybridized carbons (Fsp3) is 0.400. The molecule has 0 aromatic heterocycles. The van der Waals surface area contributed by atoms with Crippen molar-refractivity contribution in [3.05, 3.63) is 70.8 Å². The van der Waals surface area contributed by atoms with Crippen LogP contribution in [0.4, 0.5) is 0 Å². The van der Waals surface area contributed by atoms with Crippen molar-refractivity contribution in [1.82, 2.24) is 9.80 Å². The number of carbonyl (C=O) groups excluding carboxylic acids is 4. The molecule has 0 radical (unpaired) electrons. The summed E-state index contributed by atoms with van der Waals surface area (Å²) >= 11 is 14.3. The Morgan fingerprint density at radius 1 is 0.950 bits per heavy atom. The van der Waals surface area contributed by atoms with Crippen LogP contribution in [0, 0.1) is 24.7 Å². The molecule has 2 aliphatic heterocycles. The van der Waals surface area contributed by atoms with E-state index in [0.717, 1.165) is 10.5 Å². The quantitative estimate of drug-likeness (QED) is 0.323. The van der Waals surface area contributed by atoms with Gasteiger partial charge in [0.05, 0.1) is 11.8 Å². The van der Waals surface area contributed by atoms with Gasteiger partial charge in [-0.1, -0.05) is 42.0 Å². The molecule has 2 aromatic rings. The number of phenolic OH excluding ortho intramolecular Hbond substituents is 2. The molecule has 1 saturated carbocycles. The number of amides is 4. The molecule has 208 valence electrons. The van der Waals surface area contributed by atoms with Crippen molar-refractivity contribution in [1.29, 1.82) is 0 Å². The molecule has 2 saturated heterocycles. The number of para-hydroxylation sites is 1. The van der Waals surface area contributed by atoms with Crippen LogP contribution in [-0.4, -0.2) is 67.0 Å². The third-order valence-corrected chi connectivity index (χ3v) is 10.7. The Hall–Kier alpha value is -3.36. The monoisotopic (exact) mass is 582 g/mol. The van der Waals surface area contributed by atoms with Crippen LogP contribution in [0.3, 0.4) is 0 Å². The predicted molar refractivity (Wildman–Crippen MR) is 147 cm³/mol. The predicted octanol–water partition coefficient (Wildman–Crippen LogP) is 3.64. The first-order valence-corrected chi connectivity index (χ1v) is 14.0. The lowest BCUT2D eigenvalue weighted by Crippen LogP contribution is -2.60. The summed E-state index contributed by atoms with van der Waals surface area (Å²) in [5, 5.41) is 20.7. The highest BCUT2D eigenvalue weighted by molar-refractivity contribution is 6.53. The molecular weight excluding hydrogens is 555 g/mol. The SMILES string of the molecule is Cc1cccc(C2C3=CCC4C(=O)N(CCc5ccc(O)cc5)C(=O)C4C3CC3(Cl)C(=O)N(C)C(=O)C23Cl)c1O. The summed E-state index contributed by atoms with van der Waals surface area (Å²) in [5.41, 5.74) is 2.43. The highest BCUT2D eigenvalue weighted by atomic mass is 35.5. The number of nitrogens with zero attached hydrogens (tertiary/aromatic N) is 2. The number of halogens is 2. The lowest BCUT2D eigenvalue weighted by molar-refractivity contribution is -0.141. The van der Waals surface area contributed by atoms with Crippen molar-refractivity contribution in [2.24, 2.45) is 17.8 Å². The van der Waals surface area contributed by atoms with Crippen molar-refractivity contribution in [2.75, 3.05) is 13.6 Å². The second-order valence-electron chi connectivity index (χ2n) is 11.3. The number of hydrogen-bond acceptors (Lipinski definition) is 6.